The van der Waals surface area contributed by atoms with Crippen molar-refractivity contribution in [3.8, 4) is 0 Å². The first kappa shape index (κ1) is 6.78. The molecule has 5 nitrogen and oxygen atoms in total. The largest absolute Gasteiger partial charge is 0.372 e. The van der Waals surface area contributed by atoms with Crippen LogP contribution in [0.5, 0.6) is 0 Å². The van der Waals surface area contributed by atoms with E-state index >= 15 is 0 Å². The molecule has 0 aliphatic heterocycles. The summed E-state index contributed by atoms with van der Waals surface area (Å²) >= 11 is 0. The Kier molecular flexibility index (Phi) is 3.35. The zero-order valence-corrected chi connectivity index (χ0v) is 4.79. The Morgan fingerprint density at radius 3 is 2.50 bits per heavy atom. The quantitative estimate of drug-likeness (QED) is 0.160. The maximum atomic E-state index is 7.84. The van der Waals surface area contributed by atoms with Gasteiger partial charge in [0.2, 0.25) is 0 Å². The van der Waals surface area contributed by atoms with Crippen LogP contribution >= 0.6 is 0 Å². The maximum Gasteiger partial charge on any atom is 0.184 e. The van der Waals surface area contributed by atoms with Gasteiger partial charge in [0.25, 0.3) is 0 Å². The van der Waals surface area contributed by atoms with Crippen LogP contribution in [-0.4, -0.2) is 20.1 Å². The lowest BCUT2D eigenvalue weighted by Crippen LogP contribution is -2.13. The van der Waals surface area contributed by atoms with Gasteiger partial charge >= 0.3 is 0 Å². The molecule has 0 aromatic rings. The van der Waals surface area contributed by atoms with Crippen molar-refractivity contribution in [1.29, 1.82) is 0 Å². The molecule has 0 fully saturated rings. The standard InChI is InChI=1S/C3H7N5/c1-5-3(6-2)7-8-4/h1-2H3,(H,5,6). The molecule has 5 heteroatoms. The average molecular weight is 113 g/mol. The van der Waals surface area contributed by atoms with Gasteiger partial charge in [-0.3, -0.25) is 4.99 Å². The van der Waals surface area contributed by atoms with Crippen molar-refractivity contribution in [2.45, 2.75) is 0 Å². The molecule has 0 amide bonds. The van der Waals surface area contributed by atoms with Gasteiger partial charge in [-0.2, -0.15) is 0 Å². The second kappa shape index (κ2) is 3.95. The number of guanidine groups is 1. The van der Waals surface area contributed by atoms with Gasteiger partial charge in [-0.1, -0.05) is 0 Å². The van der Waals surface area contributed by atoms with E-state index in [0.29, 0.717) is 5.96 Å². The molecule has 0 saturated carbocycles. The van der Waals surface area contributed by atoms with E-state index in [2.05, 4.69) is 20.3 Å². The zero-order chi connectivity index (χ0) is 6.41. The highest BCUT2D eigenvalue weighted by atomic mass is 15.2. The summed E-state index contributed by atoms with van der Waals surface area (Å²) in [5.74, 6) is 0.299. The average Bonchev–Trinajstić information content (AvgIpc) is 1.83. The number of hydrogen-bond acceptors (Lipinski definition) is 1. The first-order valence-corrected chi connectivity index (χ1v) is 2.04. The van der Waals surface area contributed by atoms with Gasteiger partial charge in [0.15, 0.2) is 5.96 Å². The molecule has 0 saturated heterocycles. The number of hydrogen-bond donors (Lipinski definition) is 1. The van der Waals surface area contributed by atoms with E-state index in [1.807, 2.05) is 0 Å². The van der Waals surface area contributed by atoms with E-state index in [1.54, 1.807) is 14.1 Å². The topological polar surface area (TPSA) is 73.2 Å². The summed E-state index contributed by atoms with van der Waals surface area (Å²) in [5.41, 5.74) is 7.84. The highest BCUT2D eigenvalue weighted by molar-refractivity contribution is 5.79. The summed E-state index contributed by atoms with van der Waals surface area (Å²) < 4.78 is 0. The molecule has 0 rings (SSSR count). The van der Waals surface area contributed by atoms with Crippen molar-refractivity contribution in [3.05, 3.63) is 10.4 Å². The SMILES string of the molecule is CN=C(N=[N+]=[N-])NC. The molecule has 1 N–H and O–H groups in total. The van der Waals surface area contributed by atoms with Crippen LogP contribution in [0.15, 0.2) is 10.1 Å². The first-order valence-electron chi connectivity index (χ1n) is 2.04. The molecule has 0 aromatic heterocycles. The fourth-order valence-electron chi connectivity index (χ4n) is 0.249. The van der Waals surface area contributed by atoms with Crippen LogP contribution in [0.25, 0.3) is 10.4 Å². The van der Waals surface area contributed by atoms with Crippen molar-refractivity contribution in [1.82, 2.24) is 5.32 Å². The van der Waals surface area contributed by atoms with E-state index < -0.39 is 0 Å². The summed E-state index contributed by atoms with van der Waals surface area (Å²) in [4.78, 5) is 6.09. The molecule has 0 atom stereocenters. The Balaban J connectivity index is 3.91. The molecule has 0 radical (unpaired) electrons. The molecule has 0 aromatic carbocycles. The molecule has 0 aliphatic carbocycles. The van der Waals surface area contributed by atoms with Gasteiger partial charge in [-0.15, -0.1) is 0 Å². The Morgan fingerprint density at radius 1 is 1.75 bits per heavy atom. The lowest BCUT2D eigenvalue weighted by atomic mass is 11.0. The Labute approximate surface area is 47.0 Å². The number of rotatable bonds is 0. The molecule has 44 valence electrons. The lowest BCUT2D eigenvalue weighted by molar-refractivity contribution is 1.12. The number of nitrogens with one attached hydrogen (secondary N) is 1. The summed E-state index contributed by atoms with van der Waals surface area (Å²) in [5, 5.41) is 5.76. The summed E-state index contributed by atoms with van der Waals surface area (Å²) in [6.07, 6.45) is 0. The maximum absolute atomic E-state index is 7.84. The summed E-state index contributed by atoms with van der Waals surface area (Å²) in [7, 11) is 3.18. The van der Waals surface area contributed by atoms with Crippen molar-refractivity contribution in [2.24, 2.45) is 10.1 Å². The molecule has 0 spiro atoms. The van der Waals surface area contributed by atoms with Gasteiger partial charge < -0.3 is 5.32 Å². The van der Waals surface area contributed by atoms with Crippen molar-refractivity contribution >= 4 is 5.96 Å². The first-order chi connectivity index (χ1) is 3.85. The molecule has 8 heavy (non-hydrogen) atoms. The third-order valence-electron chi connectivity index (χ3n) is 0.575. The van der Waals surface area contributed by atoms with Gasteiger partial charge in [0.1, 0.15) is 0 Å². The van der Waals surface area contributed by atoms with Crippen LogP contribution in [0, 0.1) is 0 Å². The van der Waals surface area contributed by atoms with Crippen LogP contribution < -0.4 is 5.32 Å². The van der Waals surface area contributed by atoms with Crippen LogP contribution in [-0.2, 0) is 0 Å². The minimum absolute atomic E-state index is 0.299. The van der Waals surface area contributed by atoms with E-state index in [-0.39, 0.29) is 0 Å². The summed E-state index contributed by atoms with van der Waals surface area (Å²) in [6.45, 7) is 0. The Morgan fingerprint density at radius 2 is 2.38 bits per heavy atom. The molecular formula is C3H7N5. The smallest absolute Gasteiger partial charge is 0.184 e. The number of azide groups is 1. The summed E-state index contributed by atoms with van der Waals surface area (Å²) in [6, 6.07) is 0. The molecular weight excluding hydrogens is 106 g/mol. The van der Waals surface area contributed by atoms with Crippen molar-refractivity contribution in [3.63, 3.8) is 0 Å². The normalized spacial score (nSPS) is 10.0. The molecule has 0 aliphatic rings. The molecule has 0 unspecified atom stereocenters. The van der Waals surface area contributed by atoms with E-state index in [9.17, 15) is 0 Å². The fourth-order valence-corrected chi connectivity index (χ4v) is 0.249. The lowest BCUT2D eigenvalue weighted by Gasteiger charge is -1.90. The van der Waals surface area contributed by atoms with E-state index in [1.165, 1.54) is 0 Å². The van der Waals surface area contributed by atoms with Crippen LogP contribution in [0.4, 0.5) is 0 Å². The number of nitrogens with zero attached hydrogens (tertiary/aromatic N) is 4. The predicted octanol–water partition coefficient (Wildman–Crippen LogP) is 0.502. The Bertz CT molecular complexity index is 131. The highest BCUT2D eigenvalue weighted by Gasteiger charge is 1.81. The fraction of sp³-hybridized carbons (Fsp3) is 0.667. The predicted molar refractivity (Wildman–Crippen MR) is 31.6 cm³/mol. The van der Waals surface area contributed by atoms with Crippen LogP contribution in [0.1, 0.15) is 0 Å². The zero-order valence-electron chi connectivity index (χ0n) is 4.79. The van der Waals surface area contributed by atoms with Crippen LogP contribution in [0.2, 0.25) is 0 Å². The minimum Gasteiger partial charge on any atom is -0.372 e. The minimum atomic E-state index is 0.299. The second-order valence-corrected chi connectivity index (χ2v) is 0.987. The van der Waals surface area contributed by atoms with Crippen molar-refractivity contribution in [2.75, 3.05) is 14.1 Å². The highest BCUT2D eigenvalue weighted by Crippen LogP contribution is 1.71. The molecule has 0 heterocycles. The molecule has 0 bridgehead atoms. The van der Waals surface area contributed by atoms with Gasteiger partial charge in [-0.05, 0) is 10.6 Å². The monoisotopic (exact) mass is 113 g/mol. The third-order valence-corrected chi connectivity index (χ3v) is 0.575. The second-order valence-electron chi connectivity index (χ2n) is 0.987. The van der Waals surface area contributed by atoms with Crippen molar-refractivity contribution < 1.29 is 0 Å². The number of aliphatic imine (C=N–C) groups is 1. The van der Waals surface area contributed by atoms with Gasteiger partial charge in [-0.25, -0.2) is 0 Å². The van der Waals surface area contributed by atoms with Crippen LogP contribution in [0.3, 0.4) is 0 Å². The van der Waals surface area contributed by atoms with Gasteiger partial charge in [0, 0.05) is 19.0 Å². The van der Waals surface area contributed by atoms with E-state index in [0.717, 1.165) is 0 Å². The third kappa shape index (κ3) is 2.04. The Hall–Kier alpha value is -1.22. The van der Waals surface area contributed by atoms with Gasteiger partial charge in [0.05, 0.1) is 0 Å². The van der Waals surface area contributed by atoms with E-state index in [4.69, 9.17) is 5.53 Å².